The molecule has 1 rings (SSSR count). The summed E-state index contributed by atoms with van der Waals surface area (Å²) in [5.41, 5.74) is 0. The van der Waals surface area contributed by atoms with Crippen molar-refractivity contribution in [2.45, 2.75) is 11.8 Å². The molecule has 0 aliphatic heterocycles. The van der Waals surface area contributed by atoms with Gasteiger partial charge in [0.05, 0.1) is 6.61 Å². The highest BCUT2D eigenvalue weighted by molar-refractivity contribution is 7.89. The van der Waals surface area contributed by atoms with Gasteiger partial charge in [0.25, 0.3) is 0 Å². The first-order valence-electron chi connectivity index (χ1n) is 5.31. The summed E-state index contributed by atoms with van der Waals surface area (Å²) < 4.78 is 30.5. The number of ether oxygens (including phenoxy) is 1. The third kappa shape index (κ3) is 3.18. The molecule has 0 unspecified atom stereocenters. The molecule has 1 N–H and O–H groups in total. The van der Waals surface area contributed by atoms with Gasteiger partial charge in [-0.25, -0.2) is 8.42 Å². The maximum absolute atomic E-state index is 12.2. The van der Waals surface area contributed by atoms with Crippen LogP contribution in [0, 0.1) is 0 Å². The van der Waals surface area contributed by atoms with E-state index in [0.717, 1.165) is 0 Å². The molecule has 0 aliphatic rings. The summed E-state index contributed by atoms with van der Waals surface area (Å²) in [5.74, 6) is -0.233. The molecule has 96 valence electrons. The van der Waals surface area contributed by atoms with Crippen molar-refractivity contribution in [3.63, 3.8) is 0 Å². The molecular formula is C11H17NO4S. The van der Waals surface area contributed by atoms with Gasteiger partial charge in [0.2, 0.25) is 10.0 Å². The number of rotatable bonds is 6. The van der Waals surface area contributed by atoms with Crippen LogP contribution in [-0.4, -0.2) is 44.6 Å². The van der Waals surface area contributed by atoms with Gasteiger partial charge in [-0.2, -0.15) is 4.31 Å². The van der Waals surface area contributed by atoms with Gasteiger partial charge in [-0.3, -0.25) is 0 Å². The summed E-state index contributed by atoms with van der Waals surface area (Å²) >= 11 is 0. The normalized spacial score (nSPS) is 11.9. The first-order valence-corrected chi connectivity index (χ1v) is 6.75. The van der Waals surface area contributed by atoms with E-state index < -0.39 is 10.0 Å². The van der Waals surface area contributed by atoms with Crippen molar-refractivity contribution < 1.29 is 18.3 Å². The number of likely N-dealkylation sites (N-methyl/N-ethyl adjacent to an activating group) is 1. The van der Waals surface area contributed by atoms with Crippen LogP contribution in [0.25, 0.3) is 0 Å². The van der Waals surface area contributed by atoms with E-state index in [4.69, 9.17) is 4.74 Å². The fourth-order valence-electron chi connectivity index (χ4n) is 1.46. The van der Waals surface area contributed by atoms with Crippen LogP contribution in [0.15, 0.2) is 29.2 Å². The minimum Gasteiger partial charge on any atom is -0.507 e. The van der Waals surface area contributed by atoms with Gasteiger partial charge in [0, 0.05) is 20.2 Å². The molecule has 0 aromatic heterocycles. The summed E-state index contributed by atoms with van der Waals surface area (Å²) in [6.45, 7) is 2.66. The molecule has 1 aromatic rings. The van der Waals surface area contributed by atoms with E-state index in [1.807, 2.05) is 0 Å². The van der Waals surface area contributed by atoms with E-state index in [1.54, 1.807) is 19.1 Å². The lowest BCUT2D eigenvalue weighted by atomic mass is 10.3. The molecule has 0 bridgehead atoms. The number of nitrogens with zero attached hydrogens (tertiary/aromatic N) is 1. The zero-order valence-electron chi connectivity index (χ0n) is 9.96. The number of benzene rings is 1. The minimum absolute atomic E-state index is 0.0713. The predicted octanol–water partition coefficient (Wildman–Crippen LogP) is 1.05. The molecule has 0 radical (unpaired) electrons. The van der Waals surface area contributed by atoms with Gasteiger partial charge in [0.15, 0.2) is 0 Å². The Bertz CT molecular complexity index is 458. The minimum atomic E-state index is -3.65. The van der Waals surface area contributed by atoms with Crippen LogP contribution in [0.1, 0.15) is 6.92 Å². The van der Waals surface area contributed by atoms with Gasteiger partial charge in [0.1, 0.15) is 10.6 Å². The summed E-state index contributed by atoms with van der Waals surface area (Å²) in [6, 6.07) is 5.91. The van der Waals surface area contributed by atoms with Crippen molar-refractivity contribution in [2.75, 3.05) is 26.8 Å². The topological polar surface area (TPSA) is 66.8 Å². The van der Waals surface area contributed by atoms with Gasteiger partial charge in [-0.05, 0) is 12.1 Å². The van der Waals surface area contributed by atoms with Crippen LogP contribution < -0.4 is 0 Å². The monoisotopic (exact) mass is 259 g/mol. The maximum Gasteiger partial charge on any atom is 0.246 e. The molecule has 0 atom stereocenters. The second-order valence-electron chi connectivity index (χ2n) is 3.46. The zero-order valence-corrected chi connectivity index (χ0v) is 10.8. The van der Waals surface area contributed by atoms with E-state index in [2.05, 4.69) is 0 Å². The Morgan fingerprint density at radius 2 is 2.00 bits per heavy atom. The largest absolute Gasteiger partial charge is 0.507 e. The van der Waals surface area contributed by atoms with E-state index in [1.165, 1.54) is 23.5 Å². The molecular weight excluding hydrogens is 242 g/mol. The third-order valence-corrected chi connectivity index (χ3v) is 4.40. The number of phenols is 1. The van der Waals surface area contributed by atoms with E-state index >= 15 is 0 Å². The highest BCUT2D eigenvalue weighted by atomic mass is 32.2. The zero-order chi connectivity index (χ0) is 12.9. The van der Waals surface area contributed by atoms with E-state index in [0.29, 0.717) is 13.2 Å². The van der Waals surface area contributed by atoms with Gasteiger partial charge < -0.3 is 9.84 Å². The lowest BCUT2D eigenvalue weighted by molar-refractivity contribution is 0.180. The van der Waals surface area contributed by atoms with E-state index in [-0.39, 0.29) is 17.2 Å². The Kier molecular flexibility index (Phi) is 4.92. The lowest BCUT2D eigenvalue weighted by Gasteiger charge is -2.20. The van der Waals surface area contributed by atoms with Crippen LogP contribution in [0.4, 0.5) is 0 Å². The predicted molar refractivity (Wildman–Crippen MR) is 64.4 cm³/mol. The Morgan fingerprint density at radius 3 is 2.53 bits per heavy atom. The quantitative estimate of drug-likeness (QED) is 0.829. The van der Waals surface area contributed by atoms with Gasteiger partial charge >= 0.3 is 0 Å². The van der Waals surface area contributed by atoms with Gasteiger partial charge in [-0.1, -0.05) is 19.1 Å². The molecule has 5 nitrogen and oxygen atoms in total. The van der Waals surface area contributed by atoms with Crippen molar-refractivity contribution in [2.24, 2.45) is 0 Å². The highest BCUT2D eigenvalue weighted by Gasteiger charge is 2.25. The standard InChI is InChI=1S/C11H17NO4S/c1-3-12(8-9-16-2)17(14,15)11-7-5-4-6-10(11)13/h4-7,13H,3,8-9H2,1-2H3. The molecule has 6 heteroatoms. The first-order chi connectivity index (χ1) is 8.04. The molecule has 0 saturated heterocycles. The Labute approximate surface area is 102 Å². The summed E-state index contributed by atoms with van der Waals surface area (Å²) in [7, 11) is -2.14. The van der Waals surface area contributed by atoms with Crippen LogP contribution in [0.5, 0.6) is 5.75 Å². The molecule has 0 heterocycles. The molecule has 1 aromatic carbocycles. The molecule has 0 amide bonds. The second kappa shape index (κ2) is 6.00. The van der Waals surface area contributed by atoms with Crippen LogP contribution in [-0.2, 0) is 14.8 Å². The number of aromatic hydroxyl groups is 1. The van der Waals surface area contributed by atoms with Crippen molar-refractivity contribution in [1.29, 1.82) is 0 Å². The SMILES string of the molecule is CCN(CCOC)S(=O)(=O)c1ccccc1O. The molecule has 0 aliphatic carbocycles. The number of phenolic OH excluding ortho intramolecular Hbond substituents is 1. The average Bonchev–Trinajstić information content (AvgIpc) is 2.30. The maximum atomic E-state index is 12.2. The van der Waals surface area contributed by atoms with Gasteiger partial charge in [-0.15, -0.1) is 0 Å². The van der Waals surface area contributed by atoms with Crippen LogP contribution >= 0.6 is 0 Å². The number of methoxy groups -OCH3 is 1. The number of hydrogen-bond donors (Lipinski definition) is 1. The lowest BCUT2D eigenvalue weighted by Crippen LogP contribution is -2.33. The Hall–Kier alpha value is -1.11. The second-order valence-corrected chi connectivity index (χ2v) is 5.36. The molecule has 0 fully saturated rings. The molecule has 0 spiro atoms. The molecule has 17 heavy (non-hydrogen) atoms. The van der Waals surface area contributed by atoms with Crippen molar-refractivity contribution in [1.82, 2.24) is 4.31 Å². The molecule has 0 saturated carbocycles. The number of hydrogen-bond acceptors (Lipinski definition) is 4. The summed E-state index contributed by atoms with van der Waals surface area (Å²) in [6.07, 6.45) is 0. The highest BCUT2D eigenvalue weighted by Crippen LogP contribution is 2.24. The first kappa shape index (κ1) is 14.0. The number of sulfonamides is 1. The van der Waals surface area contributed by atoms with Crippen LogP contribution in [0.3, 0.4) is 0 Å². The van der Waals surface area contributed by atoms with Crippen molar-refractivity contribution >= 4 is 10.0 Å². The third-order valence-electron chi connectivity index (χ3n) is 2.38. The summed E-state index contributed by atoms with van der Waals surface area (Å²) in [4.78, 5) is -0.0713. The summed E-state index contributed by atoms with van der Waals surface area (Å²) in [5, 5.41) is 9.58. The van der Waals surface area contributed by atoms with Crippen molar-refractivity contribution in [3.05, 3.63) is 24.3 Å². The average molecular weight is 259 g/mol. The number of para-hydroxylation sites is 1. The van der Waals surface area contributed by atoms with Crippen LogP contribution in [0.2, 0.25) is 0 Å². The van der Waals surface area contributed by atoms with E-state index in [9.17, 15) is 13.5 Å². The van der Waals surface area contributed by atoms with Crippen molar-refractivity contribution in [3.8, 4) is 5.75 Å². The fraction of sp³-hybridized carbons (Fsp3) is 0.455. The Balaban J connectivity index is 3.05. The fourth-order valence-corrected chi connectivity index (χ4v) is 2.97. The smallest absolute Gasteiger partial charge is 0.246 e. The Morgan fingerprint density at radius 1 is 1.35 bits per heavy atom.